The predicted molar refractivity (Wildman–Crippen MR) is 150 cm³/mol. The summed E-state index contributed by atoms with van der Waals surface area (Å²) in [5.41, 5.74) is 2.12. The van der Waals surface area contributed by atoms with E-state index in [2.05, 4.69) is 32.7 Å². The lowest BCUT2D eigenvalue weighted by Crippen LogP contribution is -2.50. The summed E-state index contributed by atoms with van der Waals surface area (Å²) in [7, 11) is 0. The first-order chi connectivity index (χ1) is 19.0. The zero-order chi connectivity index (χ0) is 27.2. The van der Waals surface area contributed by atoms with Gasteiger partial charge in [-0.05, 0) is 31.5 Å². The number of morpholine rings is 1. The standard InChI is InChI=1S/C27H35N7O4S/c1-19(2)23(35)4-3-5-28-15-24(36)33-8-6-32(7-9-33)16-20-14-21-25(39-20)27(34-10-12-37-13-11-34)31-26(30-21)22-17-38-18-29-22/h14,17-18,28H,1,3-13,15-16H2,2H3. The second kappa shape index (κ2) is 12.8. The summed E-state index contributed by atoms with van der Waals surface area (Å²) in [4.78, 5) is 45.9. The molecule has 5 rings (SSSR count). The number of carbonyl (C=O) groups excluding carboxylic acids is 2. The average Bonchev–Trinajstić information content (AvgIpc) is 3.63. The maximum atomic E-state index is 12.6. The summed E-state index contributed by atoms with van der Waals surface area (Å²) < 4.78 is 11.8. The second-order valence-electron chi connectivity index (χ2n) is 9.91. The van der Waals surface area contributed by atoms with Gasteiger partial charge in [0.25, 0.3) is 0 Å². The van der Waals surface area contributed by atoms with E-state index in [9.17, 15) is 9.59 Å². The fourth-order valence-electron chi connectivity index (χ4n) is 4.74. The molecule has 2 aliphatic heterocycles. The Morgan fingerprint density at radius 3 is 2.64 bits per heavy atom. The van der Waals surface area contributed by atoms with Crippen LogP contribution in [0.1, 0.15) is 24.6 Å². The molecule has 2 saturated heterocycles. The molecule has 1 amide bonds. The van der Waals surface area contributed by atoms with E-state index in [0.29, 0.717) is 69.3 Å². The largest absolute Gasteiger partial charge is 0.451 e. The molecule has 39 heavy (non-hydrogen) atoms. The molecule has 11 nitrogen and oxygen atoms in total. The van der Waals surface area contributed by atoms with Crippen molar-refractivity contribution in [2.45, 2.75) is 26.3 Å². The van der Waals surface area contributed by atoms with Crippen molar-refractivity contribution in [3.05, 3.63) is 35.8 Å². The number of ketones is 1. The number of anilines is 1. The van der Waals surface area contributed by atoms with Gasteiger partial charge in [-0.15, -0.1) is 11.3 Å². The number of carbonyl (C=O) groups is 2. The number of ether oxygens (including phenoxy) is 1. The van der Waals surface area contributed by atoms with Crippen LogP contribution in [-0.2, 0) is 20.9 Å². The van der Waals surface area contributed by atoms with Gasteiger partial charge in [-0.25, -0.2) is 15.0 Å². The summed E-state index contributed by atoms with van der Waals surface area (Å²) >= 11 is 1.73. The first kappa shape index (κ1) is 27.4. The fraction of sp³-hybridized carbons (Fsp3) is 0.519. The average molecular weight is 554 g/mol. The third-order valence-electron chi connectivity index (χ3n) is 6.99. The van der Waals surface area contributed by atoms with Crippen LogP contribution in [0.25, 0.3) is 21.7 Å². The number of nitrogens with zero attached hydrogens (tertiary/aromatic N) is 6. The predicted octanol–water partition coefficient (Wildman–Crippen LogP) is 2.34. The van der Waals surface area contributed by atoms with Gasteiger partial charge in [0.2, 0.25) is 5.91 Å². The van der Waals surface area contributed by atoms with Gasteiger partial charge >= 0.3 is 0 Å². The van der Waals surface area contributed by atoms with Crippen LogP contribution in [0.15, 0.2) is 35.3 Å². The molecule has 208 valence electrons. The molecule has 3 aromatic heterocycles. The Kier molecular flexibility index (Phi) is 8.97. The number of fused-ring (bicyclic) bond motifs is 1. The first-order valence-electron chi connectivity index (χ1n) is 13.4. The third kappa shape index (κ3) is 6.88. The molecule has 0 unspecified atom stereocenters. The molecule has 2 aliphatic rings. The van der Waals surface area contributed by atoms with Crippen LogP contribution in [-0.4, -0.2) is 102 Å². The maximum Gasteiger partial charge on any atom is 0.236 e. The van der Waals surface area contributed by atoms with Gasteiger partial charge in [-0.2, -0.15) is 0 Å². The number of hydrogen-bond donors (Lipinski definition) is 1. The van der Waals surface area contributed by atoms with Crippen LogP contribution < -0.4 is 10.2 Å². The van der Waals surface area contributed by atoms with Crippen molar-refractivity contribution >= 4 is 39.1 Å². The SMILES string of the molecule is C=C(C)C(=O)CCCNCC(=O)N1CCN(Cc2cc3nc(-c4cocn4)nc(N4CCOCC4)c3s2)CC1. The highest BCUT2D eigenvalue weighted by molar-refractivity contribution is 7.19. The van der Waals surface area contributed by atoms with E-state index >= 15 is 0 Å². The molecule has 0 atom stereocenters. The molecule has 0 spiro atoms. The zero-order valence-electron chi connectivity index (χ0n) is 22.4. The number of rotatable bonds is 11. The van der Waals surface area contributed by atoms with Gasteiger partial charge in [-0.1, -0.05) is 6.58 Å². The molecule has 0 aromatic carbocycles. The molecule has 2 fully saturated rings. The van der Waals surface area contributed by atoms with E-state index in [1.54, 1.807) is 24.5 Å². The molecule has 5 heterocycles. The highest BCUT2D eigenvalue weighted by Gasteiger charge is 2.24. The van der Waals surface area contributed by atoms with Gasteiger partial charge in [0.1, 0.15) is 12.0 Å². The molecular formula is C27H35N7O4S. The van der Waals surface area contributed by atoms with Crippen LogP contribution in [0, 0.1) is 0 Å². The van der Waals surface area contributed by atoms with Crippen molar-refractivity contribution in [2.75, 3.05) is 70.5 Å². The van der Waals surface area contributed by atoms with E-state index in [0.717, 1.165) is 48.8 Å². The van der Waals surface area contributed by atoms with E-state index < -0.39 is 0 Å². The Labute approximate surface area is 231 Å². The van der Waals surface area contributed by atoms with Crippen molar-refractivity contribution in [1.29, 1.82) is 0 Å². The summed E-state index contributed by atoms with van der Waals surface area (Å²) in [5.74, 6) is 1.67. The van der Waals surface area contributed by atoms with Crippen molar-refractivity contribution in [2.24, 2.45) is 0 Å². The van der Waals surface area contributed by atoms with Crippen LogP contribution >= 0.6 is 11.3 Å². The first-order valence-corrected chi connectivity index (χ1v) is 14.2. The topological polar surface area (TPSA) is 117 Å². The number of oxazole rings is 1. The highest BCUT2D eigenvalue weighted by Crippen LogP contribution is 2.34. The lowest BCUT2D eigenvalue weighted by Gasteiger charge is -2.34. The highest BCUT2D eigenvalue weighted by atomic mass is 32.1. The van der Waals surface area contributed by atoms with E-state index in [1.807, 2.05) is 4.90 Å². The number of allylic oxidation sites excluding steroid dienone is 1. The van der Waals surface area contributed by atoms with E-state index in [-0.39, 0.29) is 11.7 Å². The van der Waals surface area contributed by atoms with E-state index in [1.165, 1.54) is 11.3 Å². The lowest BCUT2D eigenvalue weighted by atomic mass is 10.1. The monoisotopic (exact) mass is 553 g/mol. The van der Waals surface area contributed by atoms with Crippen molar-refractivity contribution in [1.82, 2.24) is 30.1 Å². The molecule has 3 aromatic rings. The summed E-state index contributed by atoms with van der Waals surface area (Å²) in [5, 5.41) is 3.17. The number of aromatic nitrogens is 3. The molecule has 0 radical (unpaired) electrons. The Balaban J connectivity index is 1.17. The minimum Gasteiger partial charge on any atom is -0.451 e. The summed E-state index contributed by atoms with van der Waals surface area (Å²) in [6, 6.07) is 2.15. The minimum atomic E-state index is 0.0812. The molecule has 0 bridgehead atoms. The number of amides is 1. The molecule has 0 saturated carbocycles. The number of nitrogens with one attached hydrogen (secondary N) is 1. The normalized spacial score (nSPS) is 16.6. The smallest absolute Gasteiger partial charge is 0.236 e. The van der Waals surface area contributed by atoms with Crippen LogP contribution in [0.3, 0.4) is 0 Å². The Morgan fingerprint density at radius 2 is 1.92 bits per heavy atom. The second-order valence-corrected chi connectivity index (χ2v) is 11.0. The lowest BCUT2D eigenvalue weighted by molar-refractivity contribution is -0.132. The molecule has 12 heteroatoms. The minimum absolute atomic E-state index is 0.0812. The summed E-state index contributed by atoms with van der Waals surface area (Å²) in [6.45, 7) is 13.1. The van der Waals surface area contributed by atoms with Crippen molar-refractivity contribution in [3.8, 4) is 11.5 Å². The van der Waals surface area contributed by atoms with Crippen molar-refractivity contribution in [3.63, 3.8) is 0 Å². The van der Waals surface area contributed by atoms with Crippen LogP contribution in [0.5, 0.6) is 0 Å². The molecule has 0 aliphatic carbocycles. The van der Waals surface area contributed by atoms with E-state index in [4.69, 9.17) is 19.1 Å². The number of hydrogen-bond acceptors (Lipinski definition) is 11. The van der Waals surface area contributed by atoms with Crippen molar-refractivity contribution < 1.29 is 18.7 Å². The summed E-state index contributed by atoms with van der Waals surface area (Å²) in [6.07, 6.45) is 4.14. The van der Waals surface area contributed by atoms with Gasteiger partial charge in [0, 0.05) is 57.1 Å². The quantitative estimate of drug-likeness (QED) is 0.280. The van der Waals surface area contributed by atoms with Gasteiger partial charge in [0.15, 0.2) is 23.8 Å². The zero-order valence-corrected chi connectivity index (χ0v) is 23.2. The van der Waals surface area contributed by atoms with Crippen LogP contribution in [0.4, 0.5) is 5.82 Å². The Hall–Kier alpha value is -3.19. The Morgan fingerprint density at radius 1 is 1.13 bits per heavy atom. The van der Waals surface area contributed by atoms with Gasteiger partial charge < -0.3 is 24.3 Å². The van der Waals surface area contributed by atoms with Crippen LogP contribution in [0.2, 0.25) is 0 Å². The molecular weight excluding hydrogens is 518 g/mol. The maximum absolute atomic E-state index is 12.6. The molecule has 1 N–H and O–H groups in total. The number of thiophene rings is 1. The third-order valence-corrected chi connectivity index (χ3v) is 8.10. The van der Waals surface area contributed by atoms with Gasteiger partial charge in [-0.3, -0.25) is 14.5 Å². The van der Waals surface area contributed by atoms with Gasteiger partial charge in [0.05, 0.1) is 30.0 Å². The number of piperazine rings is 1. The Bertz CT molecular complexity index is 1290. The number of Topliss-reactive ketones (excluding diaryl/α,β-unsaturated/α-hetero) is 1. The fourth-order valence-corrected chi connectivity index (χ4v) is 5.89.